The van der Waals surface area contributed by atoms with E-state index in [1.54, 1.807) is 6.92 Å². The molecule has 27 heavy (non-hydrogen) atoms. The lowest BCUT2D eigenvalue weighted by atomic mass is 9.97. The quantitative estimate of drug-likeness (QED) is 0.628. The molecule has 0 bridgehead atoms. The first-order valence-electron chi connectivity index (χ1n) is 8.64. The summed E-state index contributed by atoms with van der Waals surface area (Å²) in [5.74, 6) is 0.672. The minimum atomic E-state index is -3.79. The van der Waals surface area contributed by atoms with Gasteiger partial charge in [-0.1, -0.05) is 13.8 Å². The third kappa shape index (κ3) is 5.38. The van der Waals surface area contributed by atoms with E-state index in [2.05, 4.69) is 9.98 Å². The van der Waals surface area contributed by atoms with E-state index in [9.17, 15) is 13.5 Å². The first-order valence-corrected chi connectivity index (χ1v) is 10.5. The summed E-state index contributed by atoms with van der Waals surface area (Å²) < 4.78 is 49.7. The Labute approximate surface area is 159 Å². The topological polar surface area (TPSA) is 125 Å². The maximum Gasteiger partial charge on any atom is 0.264 e. The van der Waals surface area contributed by atoms with Gasteiger partial charge in [0.2, 0.25) is 11.8 Å². The Morgan fingerprint density at radius 2 is 1.70 bits per heavy atom. The summed E-state index contributed by atoms with van der Waals surface area (Å²) in [6, 6.07) is -1.27. The summed E-state index contributed by atoms with van der Waals surface area (Å²) in [6.45, 7) is 5.51. The second-order valence-corrected chi connectivity index (χ2v) is 8.41. The zero-order valence-corrected chi connectivity index (χ0v) is 17.2. The van der Waals surface area contributed by atoms with E-state index in [-0.39, 0.29) is 24.5 Å². The highest BCUT2D eigenvalue weighted by molar-refractivity contribution is 7.86. The fraction of sp³-hybridized carbons (Fsp3) is 0.875. The average molecular weight is 408 g/mol. The summed E-state index contributed by atoms with van der Waals surface area (Å²) >= 11 is 0. The molecule has 156 valence electrons. The van der Waals surface area contributed by atoms with E-state index in [0.29, 0.717) is 5.90 Å². The number of hydrogen-bond acceptors (Lipinski definition) is 10. The monoisotopic (exact) mass is 408 g/mol. The van der Waals surface area contributed by atoms with Crippen molar-refractivity contribution in [3.8, 4) is 0 Å². The van der Waals surface area contributed by atoms with Crippen LogP contribution < -0.4 is 0 Å². The van der Waals surface area contributed by atoms with Gasteiger partial charge in [-0.2, -0.15) is 8.42 Å². The Bertz CT molecular complexity index is 678. The van der Waals surface area contributed by atoms with Crippen LogP contribution in [0.2, 0.25) is 0 Å². The van der Waals surface area contributed by atoms with Crippen LogP contribution in [0, 0.1) is 5.92 Å². The van der Waals surface area contributed by atoms with Crippen LogP contribution in [0.3, 0.4) is 0 Å². The molecular formula is C16H28N2O8S. The molecule has 0 aromatic heterocycles. The lowest BCUT2D eigenvalue weighted by molar-refractivity contribution is -0.258. The van der Waals surface area contributed by atoms with Crippen LogP contribution in [-0.4, -0.2) is 89.1 Å². The number of aliphatic imine (C=N–C) groups is 2. The minimum Gasteiger partial charge on any atom is -0.483 e. The van der Waals surface area contributed by atoms with E-state index in [1.807, 2.05) is 13.8 Å². The third-order valence-electron chi connectivity index (χ3n) is 4.26. The molecular weight excluding hydrogens is 380 g/mol. The predicted octanol–water partition coefficient (Wildman–Crippen LogP) is -0.0499. The number of aliphatic hydroxyl groups is 1. The molecule has 10 nitrogen and oxygen atoms in total. The zero-order chi connectivity index (χ0) is 20.4. The van der Waals surface area contributed by atoms with Crippen molar-refractivity contribution in [3.63, 3.8) is 0 Å². The smallest absolute Gasteiger partial charge is 0.264 e. The van der Waals surface area contributed by atoms with Gasteiger partial charge in [0.15, 0.2) is 12.3 Å². The molecule has 0 aliphatic carbocycles. The molecule has 2 heterocycles. The van der Waals surface area contributed by atoms with Crippen LogP contribution in [0.25, 0.3) is 0 Å². The van der Waals surface area contributed by atoms with Gasteiger partial charge >= 0.3 is 0 Å². The van der Waals surface area contributed by atoms with Gasteiger partial charge in [0.25, 0.3) is 10.1 Å². The van der Waals surface area contributed by atoms with E-state index in [1.165, 1.54) is 14.2 Å². The lowest BCUT2D eigenvalue weighted by Crippen LogP contribution is -2.56. The first-order chi connectivity index (χ1) is 12.6. The van der Waals surface area contributed by atoms with Crippen molar-refractivity contribution in [2.24, 2.45) is 15.9 Å². The van der Waals surface area contributed by atoms with Gasteiger partial charge in [-0.3, -0.25) is 4.18 Å². The predicted molar refractivity (Wildman–Crippen MR) is 97.3 cm³/mol. The average Bonchev–Trinajstić information content (AvgIpc) is 2.60. The Hall–Kier alpha value is -1.27. The molecule has 0 saturated carbocycles. The van der Waals surface area contributed by atoms with Gasteiger partial charge in [-0.05, 0) is 12.8 Å². The zero-order valence-electron chi connectivity index (χ0n) is 16.4. The largest absolute Gasteiger partial charge is 0.483 e. The number of ether oxygens (including phenoxy) is 4. The van der Waals surface area contributed by atoms with Crippen molar-refractivity contribution in [1.29, 1.82) is 0 Å². The van der Waals surface area contributed by atoms with Gasteiger partial charge < -0.3 is 24.1 Å². The first kappa shape index (κ1) is 22.0. The Kier molecular flexibility index (Phi) is 7.20. The molecule has 1 N–H and O–H groups in total. The summed E-state index contributed by atoms with van der Waals surface area (Å²) in [6.07, 6.45) is -3.07. The van der Waals surface area contributed by atoms with Crippen molar-refractivity contribution >= 4 is 21.9 Å². The van der Waals surface area contributed by atoms with Crippen LogP contribution in [0.5, 0.6) is 0 Å². The fourth-order valence-corrected chi connectivity index (χ4v) is 3.62. The number of aliphatic hydroxyl groups excluding tert-OH is 1. The van der Waals surface area contributed by atoms with Crippen molar-refractivity contribution in [1.82, 2.24) is 0 Å². The molecule has 0 unspecified atom stereocenters. The number of methoxy groups -OCH3 is 2. The minimum absolute atomic E-state index is 0.0579. The third-order valence-corrected chi connectivity index (χ3v) is 4.85. The molecule has 0 radical (unpaired) electrons. The molecule has 2 aliphatic heterocycles. The van der Waals surface area contributed by atoms with Crippen LogP contribution in [0.4, 0.5) is 0 Å². The number of rotatable bonds is 5. The van der Waals surface area contributed by atoms with E-state index >= 15 is 0 Å². The normalized spacial score (nSPS) is 33.3. The SMILES string of the molecule is COC1=N[C@H](C(C)C)C(OC)=N[C@H]1[C@@H](O)[C@@H]1O[C@H](C)OC[C@H]1OS(C)(=O)=O. The molecule has 0 aromatic rings. The van der Waals surface area contributed by atoms with Gasteiger partial charge in [-0.25, -0.2) is 9.98 Å². The second kappa shape index (κ2) is 8.82. The molecule has 0 amide bonds. The molecule has 1 saturated heterocycles. The Morgan fingerprint density at radius 3 is 2.22 bits per heavy atom. The Morgan fingerprint density at radius 1 is 1.15 bits per heavy atom. The number of hydrogen-bond donors (Lipinski definition) is 1. The van der Waals surface area contributed by atoms with Crippen molar-refractivity contribution in [3.05, 3.63) is 0 Å². The highest BCUT2D eigenvalue weighted by atomic mass is 32.2. The molecule has 2 aliphatic rings. The summed E-state index contributed by atoms with van der Waals surface area (Å²) in [4.78, 5) is 8.95. The van der Waals surface area contributed by atoms with Crippen molar-refractivity contribution in [2.45, 2.75) is 57.5 Å². The molecule has 6 atom stereocenters. The van der Waals surface area contributed by atoms with E-state index in [4.69, 9.17) is 23.1 Å². The summed E-state index contributed by atoms with van der Waals surface area (Å²) in [5.41, 5.74) is 0. The second-order valence-electron chi connectivity index (χ2n) is 6.81. The summed E-state index contributed by atoms with van der Waals surface area (Å²) in [7, 11) is -0.875. The van der Waals surface area contributed by atoms with Crippen LogP contribution in [-0.2, 0) is 33.2 Å². The molecule has 0 spiro atoms. The Balaban J connectivity index is 2.32. The van der Waals surface area contributed by atoms with Gasteiger partial charge in [0, 0.05) is 0 Å². The summed E-state index contributed by atoms with van der Waals surface area (Å²) in [5, 5.41) is 10.9. The molecule has 0 aromatic carbocycles. The van der Waals surface area contributed by atoms with E-state index in [0.717, 1.165) is 6.26 Å². The molecule has 2 rings (SSSR count). The van der Waals surface area contributed by atoms with Gasteiger partial charge in [0.05, 0.1) is 27.1 Å². The van der Waals surface area contributed by atoms with Crippen molar-refractivity contribution < 1.29 is 36.7 Å². The fourth-order valence-electron chi connectivity index (χ4n) is 3.00. The maximum atomic E-state index is 11.6. The van der Waals surface area contributed by atoms with Crippen LogP contribution in [0.15, 0.2) is 9.98 Å². The highest BCUT2D eigenvalue weighted by Crippen LogP contribution is 2.26. The maximum absolute atomic E-state index is 11.6. The van der Waals surface area contributed by atoms with Crippen LogP contribution >= 0.6 is 0 Å². The van der Waals surface area contributed by atoms with E-state index < -0.39 is 40.8 Å². The lowest BCUT2D eigenvalue weighted by Gasteiger charge is -2.39. The standard InChI is InChI=1S/C16H28N2O8S/c1-8(2)11-15(22-4)18-12(16(17-11)23-5)13(19)14-10(26-27(6,20)21)7-24-9(3)25-14/h8-14,19H,7H2,1-6H3/t9-,10-,11-,12+,13-,14-/m1/s1. The van der Waals surface area contributed by atoms with Gasteiger partial charge in [-0.15, -0.1) is 0 Å². The number of nitrogens with zero attached hydrogens (tertiary/aromatic N) is 2. The highest BCUT2D eigenvalue weighted by Gasteiger charge is 2.45. The van der Waals surface area contributed by atoms with Gasteiger partial charge in [0.1, 0.15) is 24.4 Å². The van der Waals surface area contributed by atoms with Crippen LogP contribution in [0.1, 0.15) is 20.8 Å². The molecule has 11 heteroatoms. The van der Waals surface area contributed by atoms with Crippen molar-refractivity contribution in [2.75, 3.05) is 27.1 Å². The molecule has 1 fully saturated rings.